The fraction of sp³-hybridized carbons (Fsp3) is 0.647. The summed E-state index contributed by atoms with van der Waals surface area (Å²) in [5.74, 6) is 2.78. The van der Waals surface area contributed by atoms with Gasteiger partial charge in [-0.15, -0.1) is 0 Å². The second-order valence-corrected chi connectivity index (χ2v) is 6.39. The normalized spacial score (nSPS) is 18.6. The highest BCUT2D eigenvalue weighted by Gasteiger charge is 2.29. The number of benzene rings is 1. The Labute approximate surface area is 121 Å². The molecule has 0 aromatic heterocycles. The van der Waals surface area contributed by atoms with E-state index in [9.17, 15) is 5.11 Å². The van der Waals surface area contributed by atoms with Crippen molar-refractivity contribution in [2.75, 3.05) is 20.2 Å². The number of aliphatic hydroxyl groups is 1. The molecule has 110 valence electrons. The molecule has 0 aliphatic heterocycles. The first-order chi connectivity index (χ1) is 9.78. The molecule has 1 aromatic rings. The summed E-state index contributed by atoms with van der Waals surface area (Å²) < 4.78 is 5.48. The standard InChI is InChI=1S/C17H25NO2/c1-20-17-7-6-15(12-19)8-16(17)11-18(9-13-2-3-13)10-14-4-5-14/h6-8,13-14,19H,2-5,9-12H2,1H3. The molecule has 3 rings (SSSR count). The van der Waals surface area contributed by atoms with E-state index < -0.39 is 0 Å². The molecule has 0 saturated heterocycles. The van der Waals surface area contributed by atoms with Crippen LogP contribution in [0.5, 0.6) is 5.75 Å². The van der Waals surface area contributed by atoms with Gasteiger partial charge < -0.3 is 9.84 Å². The van der Waals surface area contributed by atoms with Crippen LogP contribution in [0.25, 0.3) is 0 Å². The van der Waals surface area contributed by atoms with E-state index in [1.54, 1.807) is 7.11 Å². The summed E-state index contributed by atoms with van der Waals surface area (Å²) in [6.45, 7) is 3.50. The van der Waals surface area contributed by atoms with Crippen LogP contribution in [0.3, 0.4) is 0 Å². The molecule has 2 saturated carbocycles. The number of hydrogen-bond donors (Lipinski definition) is 1. The molecular formula is C17H25NO2. The van der Waals surface area contributed by atoms with E-state index in [0.717, 1.165) is 29.7 Å². The first-order valence-corrected chi connectivity index (χ1v) is 7.77. The van der Waals surface area contributed by atoms with Crippen LogP contribution in [0.15, 0.2) is 18.2 Å². The first kappa shape index (κ1) is 13.9. The first-order valence-electron chi connectivity index (χ1n) is 7.77. The number of hydrogen-bond acceptors (Lipinski definition) is 3. The van der Waals surface area contributed by atoms with E-state index in [0.29, 0.717) is 0 Å². The van der Waals surface area contributed by atoms with Crippen LogP contribution in [-0.2, 0) is 13.2 Å². The van der Waals surface area contributed by atoms with Gasteiger partial charge in [0.1, 0.15) is 5.75 Å². The molecule has 0 radical (unpaired) electrons. The van der Waals surface area contributed by atoms with Crippen LogP contribution in [0.4, 0.5) is 0 Å². The maximum atomic E-state index is 9.32. The fourth-order valence-corrected chi connectivity index (χ4v) is 2.83. The Morgan fingerprint density at radius 1 is 1.15 bits per heavy atom. The van der Waals surface area contributed by atoms with Gasteiger partial charge in [-0.05, 0) is 55.2 Å². The average molecular weight is 275 g/mol. The van der Waals surface area contributed by atoms with Crippen molar-refractivity contribution in [3.63, 3.8) is 0 Å². The summed E-state index contributed by atoms with van der Waals surface area (Å²) in [6, 6.07) is 6.01. The molecule has 2 aliphatic rings. The van der Waals surface area contributed by atoms with Gasteiger partial charge in [0.25, 0.3) is 0 Å². The quantitative estimate of drug-likeness (QED) is 0.792. The highest BCUT2D eigenvalue weighted by Crippen LogP contribution is 2.35. The third-order valence-corrected chi connectivity index (χ3v) is 4.35. The Hall–Kier alpha value is -1.06. The molecule has 3 nitrogen and oxygen atoms in total. The van der Waals surface area contributed by atoms with E-state index in [1.165, 1.54) is 44.3 Å². The van der Waals surface area contributed by atoms with E-state index in [-0.39, 0.29) is 6.61 Å². The van der Waals surface area contributed by atoms with E-state index >= 15 is 0 Å². The average Bonchev–Trinajstić information content (AvgIpc) is 3.35. The zero-order valence-electron chi connectivity index (χ0n) is 12.3. The monoisotopic (exact) mass is 275 g/mol. The Morgan fingerprint density at radius 2 is 1.80 bits per heavy atom. The molecule has 20 heavy (non-hydrogen) atoms. The highest BCUT2D eigenvalue weighted by molar-refractivity contribution is 5.37. The minimum Gasteiger partial charge on any atom is -0.496 e. The summed E-state index contributed by atoms with van der Waals surface area (Å²) in [7, 11) is 1.73. The van der Waals surface area contributed by atoms with Crippen LogP contribution in [0, 0.1) is 11.8 Å². The molecular weight excluding hydrogens is 250 g/mol. The third kappa shape index (κ3) is 3.74. The molecule has 0 unspecified atom stereocenters. The van der Waals surface area contributed by atoms with Crippen molar-refractivity contribution in [2.24, 2.45) is 11.8 Å². The molecule has 0 heterocycles. The van der Waals surface area contributed by atoms with Gasteiger partial charge in [-0.2, -0.15) is 0 Å². The largest absolute Gasteiger partial charge is 0.496 e. The molecule has 2 fully saturated rings. The van der Waals surface area contributed by atoms with Gasteiger partial charge in [-0.3, -0.25) is 4.90 Å². The topological polar surface area (TPSA) is 32.7 Å². The van der Waals surface area contributed by atoms with Crippen molar-refractivity contribution in [2.45, 2.75) is 38.8 Å². The van der Waals surface area contributed by atoms with Gasteiger partial charge in [0.2, 0.25) is 0 Å². The second kappa shape index (κ2) is 6.15. The Bertz CT molecular complexity index is 438. The highest BCUT2D eigenvalue weighted by atomic mass is 16.5. The summed E-state index contributed by atoms with van der Waals surface area (Å²) in [5, 5.41) is 9.32. The second-order valence-electron chi connectivity index (χ2n) is 6.39. The molecule has 0 atom stereocenters. The molecule has 1 aromatic carbocycles. The number of ether oxygens (including phenoxy) is 1. The number of methoxy groups -OCH3 is 1. The summed E-state index contributed by atoms with van der Waals surface area (Å²) in [5.41, 5.74) is 2.18. The van der Waals surface area contributed by atoms with Crippen LogP contribution in [0.2, 0.25) is 0 Å². The van der Waals surface area contributed by atoms with Crippen LogP contribution < -0.4 is 4.74 Å². The van der Waals surface area contributed by atoms with E-state index in [1.807, 2.05) is 12.1 Å². The van der Waals surface area contributed by atoms with Crippen LogP contribution in [0.1, 0.15) is 36.8 Å². The maximum absolute atomic E-state index is 9.32. The van der Waals surface area contributed by atoms with Crippen LogP contribution >= 0.6 is 0 Å². The number of aliphatic hydroxyl groups excluding tert-OH is 1. The van der Waals surface area contributed by atoms with Crippen molar-refractivity contribution >= 4 is 0 Å². The third-order valence-electron chi connectivity index (χ3n) is 4.35. The molecule has 3 heteroatoms. The number of nitrogens with zero attached hydrogens (tertiary/aromatic N) is 1. The lowest BCUT2D eigenvalue weighted by molar-refractivity contribution is 0.240. The van der Waals surface area contributed by atoms with E-state index in [2.05, 4.69) is 11.0 Å². The van der Waals surface area contributed by atoms with Crippen molar-refractivity contribution in [1.82, 2.24) is 4.90 Å². The van der Waals surface area contributed by atoms with Crippen molar-refractivity contribution in [3.8, 4) is 5.75 Å². The van der Waals surface area contributed by atoms with Gasteiger partial charge in [-0.1, -0.05) is 6.07 Å². The predicted octanol–water partition coefficient (Wildman–Crippen LogP) is 2.81. The lowest BCUT2D eigenvalue weighted by Crippen LogP contribution is -2.28. The maximum Gasteiger partial charge on any atom is 0.123 e. The number of rotatable bonds is 8. The molecule has 0 amide bonds. The zero-order valence-corrected chi connectivity index (χ0v) is 12.3. The molecule has 0 spiro atoms. The van der Waals surface area contributed by atoms with Gasteiger partial charge in [0.15, 0.2) is 0 Å². The van der Waals surface area contributed by atoms with E-state index in [4.69, 9.17) is 4.74 Å². The minimum atomic E-state index is 0.0994. The lowest BCUT2D eigenvalue weighted by atomic mass is 10.1. The zero-order chi connectivity index (χ0) is 13.9. The Kier molecular flexibility index (Phi) is 4.27. The summed E-state index contributed by atoms with van der Waals surface area (Å²) in [4.78, 5) is 2.59. The summed E-state index contributed by atoms with van der Waals surface area (Å²) >= 11 is 0. The van der Waals surface area contributed by atoms with Crippen LogP contribution in [-0.4, -0.2) is 30.2 Å². The molecule has 1 N–H and O–H groups in total. The van der Waals surface area contributed by atoms with Crippen molar-refractivity contribution in [1.29, 1.82) is 0 Å². The Morgan fingerprint density at radius 3 is 2.30 bits per heavy atom. The van der Waals surface area contributed by atoms with Gasteiger partial charge >= 0.3 is 0 Å². The van der Waals surface area contributed by atoms with Gasteiger partial charge in [0.05, 0.1) is 13.7 Å². The fourth-order valence-electron chi connectivity index (χ4n) is 2.83. The SMILES string of the molecule is COc1ccc(CO)cc1CN(CC1CC1)CC1CC1. The van der Waals surface area contributed by atoms with Gasteiger partial charge in [0, 0.05) is 25.2 Å². The minimum absolute atomic E-state index is 0.0994. The van der Waals surface area contributed by atoms with Crippen molar-refractivity contribution in [3.05, 3.63) is 29.3 Å². The molecule has 2 aliphatic carbocycles. The predicted molar refractivity (Wildman–Crippen MR) is 79.6 cm³/mol. The lowest BCUT2D eigenvalue weighted by Gasteiger charge is -2.23. The van der Waals surface area contributed by atoms with Crippen molar-refractivity contribution < 1.29 is 9.84 Å². The molecule has 0 bridgehead atoms. The Balaban J connectivity index is 1.71. The summed E-state index contributed by atoms with van der Waals surface area (Å²) in [6.07, 6.45) is 5.59. The smallest absolute Gasteiger partial charge is 0.123 e. The van der Waals surface area contributed by atoms with Gasteiger partial charge in [-0.25, -0.2) is 0 Å².